The van der Waals surface area contributed by atoms with E-state index in [1.807, 2.05) is 0 Å². The van der Waals surface area contributed by atoms with Crippen LogP contribution in [0.5, 0.6) is 5.75 Å². The molecule has 0 aliphatic heterocycles. The first-order valence-electron chi connectivity index (χ1n) is 12.2. The number of ether oxygens (including phenoxy) is 1. The van der Waals surface area contributed by atoms with E-state index in [-0.39, 0.29) is 11.7 Å². The number of hydrogen-bond acceptors (Lipinski definition) is 1. The Kier molecular flexibility index (Phi) is 8.81. The Labute approximate surface area is 176 Å². The van der Waals surface area contributed by atoms with Crippen LogP contribution in [0, 0.1) is 29.4 Å². The monoisotopic (exact) mass is 406 g/mol. The van der Waals surface area contributed by atoms with Crippen molar-refractivity contribution in [1.82, 2.24) is 0 Å². The molecule has 0 radical (unpaired) electrons. The van der Waals surface area contributed by atoms with E-state index >= 15 is 0 Å². The first-order chi connectivity index (χ1) is 14.1. The summed E-state index contributed by atoms with van der Waals surface area (Å²) < 4.78 is 34.5. The molecule has 0 spiro atoms. The van der Waals surface area contributed by atoms with Crippen LogP contribution < -0.4 is 4.74 Å². The second-order valence-corrected chi connectivity index (χ2v) is 9.52. The molecule has 0 saturated heterocycles. The zero-order chi connectivity index (χ0) is 20.6. The summed E-state index contributed by atoms with van der Waals surface area (Å²) in [5, 5.41) is 0. The van der Waals surface area contributed by atoms with Crippen LogP contribution in [0.25, 0.3) is 0 Å². The second kappa shape index (κ2) is 11.3. The fourth-order valence-electron chi connectivity index (χ4n) is 5.64. The highest BCUT2D eigenvalue weighted by molar-refractivity contribution is 5.33. The first kappa shape index (κ1) is 22.6. The average molecular weight is 407 g/mol. The van der Waals surface area contributed by atoms with E-state index in [9.17, 15) is 8.78 Å². The molecule has 0 heterocycles. The van der Waals surface area contributed by atoms with E-state index in [0.29, 0.717) is 12.2 Å². The lowest BCUT2D eigenvalue weighted by atomic mass is 9.68. The van der Waals surface area contributed by atoms with E-state index in [4.69, 9.17) is 4.74 Å². The lowest BCUT2D eigenvalue weighted by molar-refractivity contribution is 0.155. The molecule has 3 rings (SSSR count). The van der Waals surface area contributed by atoms with E-state index < -0.39 is 11.6 Å². The molecular formula is C26H40F2O. The van der Waals surface area contributed by atoms with Crippen molar-refractivity contribution in [3.63, 3.8) is 0 Å². The molecule has 0 aromatic heterocycles. The third kappa shape index (κ3) is 5.95. The number of hydrogen-bond donors (Lipinski definition) is 0. The molecule has 2 saturated carbocycles. The van der Waals surface area contributed by atoms with Gasteiger partial charge in [0.25, 0.3) is 0 Å². The zero-order valence-electron chi connectivity index (χ0n) is 18.5. The molecule has 2 aliphatic carbocycles. The third-order valence-electron chi connectivity index (χ3n) is 7.57. The fourth-order valence-corrected chi connectivity index (χ4v) is 5.64. The SMILES string of the molecule is CCCCOc1ccc(C2CCC(C3CCC(CCCC)CC3)CC2)c(F)c1F. The summed E-state index contributed by atoms with van der Waals surface area (Å²) in [6.07, 6.45) is 15.9. The van der Waals surface area contributed by atoms with Gasteiger partial charge in [0.2, 0.25) is 5.82 Å². The molecule has 1 aromatic rings. The van der Waals surface area contributed by atoms with Crippen molar-refractivity contribution >= 4 is 0 Å². The van der Waals surface area contributed by atoms with Crippen molar-refractivity contribution in [3.8, 4) is 5.75 Å². The normalized spacial score (nSPS) is 27.7. The Hall–Kier alpha value is -1.12. The molecule has 164 valence electrons. The molecule has 0 unspecified atom stereocenters. The van der Waals surface area contributed by atoms with Crippen LogP contribution in [0.3, 0.4) is 0 Å². The summed E-state index contributed by atoms with van der Waals surface area (Å²) in [7, 11) is 0. The standard InChI is InChI=1S/C26H40F2O/c1-3-5-7-19-8-10-20(11-9-19)21-12-14-22(15-13-21)23-16-17-24(26(28)25(23)27)29-18-6-4-2/h16-17,19-22H,3-15,18H2,1-2H3. The van der Waals surface area contributed by atoms with Crippen molar-refractivity contribution in [2.75, 3.05) is 6.61 Å². The lowest BCUT2D eigenvalue weighted by Crippen LogP contribution is -2.25. The van der Waals surface area contributed by atoms with Crippen LogP contribution in [0.4, 0.5) is 8.78 Å². The predicted molar refractivity (Wildman–Crippen MR) is 116 cm³/mol. The number of halogens is 2. The smallest absolute Gasteiger partial charge is 0.200 e. The number of benzene rings is 1. The minimum atomic E-state index is -0.800. The Morgan fingerprint density at radius 2 is 1.41 bits per heavy atom. The molecule has 3 heteroatoms. The number of rotatable bonds is 9. The van der Waals surface area contributed by atoms with Crippen LogP contribution in [-0.2, 0) is 0 Å². The summed E-state index contributed by atoms with van der Waals surface area (Å²) >= 11 is 0. The van der Waals surface area contributed by atoms with Gasteiger partial charge < -0.3 is 4.74 Å². The molecule has 1 aromatic carbocycles. The molecule has 0 N–H and O–H groups in total. The van der Waals surface area contributed by atoms with Gasteiger partial charge in [0.05, 0.1) is 6.61 Å². The molecular weight excluding hydrogens is 366 g/mol. The fraction of sp³-hybridized carbons (Fsp3) is 0.769. The lowest BCUT2D eigenvalue weighted by Gasteiger charge is -2.38. The van der Waals surface area contributed by atoms with Crippen molar-refractivity contribution in [2.45, 2.75) is 103 Å². The van der Waals surface area contributed by atoms with Crippen LogP contribution in [0.15, 0.2) is 12.1 Å². The van der Waals surface area contributed by atoms with Crippen LogP contribution in [0.1, 0.15) is 109 Å². The molecule has 1 nitrogen and oxygen atoms in total. The number of unbranched alkanes of at least 4 members (excludes halogenated alkanes) is 2. The van der Waals surface area contributed by atoms with Crippen LogP contribution in [-0.4, -0.2) is 6.61 Å². The average Bonchev–Trinajstić information content (AvgIpc) is 2.76. The van der Waals surface area contributed by atoms with Gasteiger partial charge in [0.15, 0.2) is 11.6 Å². The Balaban J connectivity index is 1.50. The van der Waals surface area contributed by atoms with Gasteiger partial charge in [0.1, 0.15) is 0 Å². The van der Waals surface area contributed by atoms with Gasteiger partial charge in [-0.05, 0) is 80.2 Å². The molecule has 29 heavy (non-hydrogen) atoms. The summed E-state index contributed by atoms with van der Waals surface area (Å²) in [4.78, 5) is 0. The Bertz CT molecular complexity index is 613. The maximum atomic E-state index is 14.7. The summed E-state index contributed by atoms with van der Waals surface area (Å²) in [6, 6.07) is 3.40. The minimum absolute atomic E-state index is 0.0632. The van der Waals surface area contributed by atoms with Gasteiger partial charge in [-0.1, -0.05) is 58.4 Å². The second-order valence-electron chi connectivity index (χ2n) is 9.52. The van der Waals surface area contributed by atoms with Crippen molar-refractivity contribution in [1.29, 1.82) is 0 Å². The zero-order valence-corrected chi connectivity index (χ0v) is 18.5. The van der Waals surface area contributed by atoms with Crippen molar-refractivity contribution in [3.05, 3.63) is 29.3 Å². The van der Waals surface area contributed by atoms with Crippen LogP contribution >= 0.6 is 0 Å². The van der Waals surface area contributed by atoms with Crippen molar-refractivity contribution in [2.24, 2.45) is 17.8 Å². The largest absolute Gasteiger partial charge is 0.490 e. The van der Waals surface area contributed by atoms with E-state index in [0.717, 1.165) is 43.4 Å². The van der Waals surface area contributed by atoms with Gasteiger partial charge in [-0.25, -0.2) is 4.39 Å². The van der Waals surface area contributed by atoms with Gasteiger partial charge in [-0.3, -0.25) is 0 Å². The maximum absolute atomic E-state index is 14.7. The van der Waals surface area contributed by atoms with Gasteiger partial charge in [0, 0.05) is 0 Å². The maximum Gasteiger partial charge on any atom is 0.200 e. The molecule has 0 bridgehead atoms. The van der Waals surface area contributed by atoms with E-state index in [1.165, 1.54) is 57.8 Å². The summed E-state index contributed by atoms with van der Waals surface area (Å²) in [5.41, 5.74) is 0.562. The highest BCUT2D eigenvalue weighted by Gasteiger charge is 2.32. The predicted octanol–water partition coefficient (Wildman–Crippen LogP) is 8.41. The highest BCUT2D eigenvalue weighted by atomic mass is 19.2. The first-order valence-corrected chi connectivity index (χ1v) is 12.2. The molecule has 0 amide bonds. The quantitative estimate of drug-likeness (QED) is 0.374. The van der Waals surface area contributed by atoms with Crippen molar-refractivity contribution < 1.29 is 13.5 Å². The molecule has 0 atom stereocenters. The summed E-state index contributed by atoms with van der Waals surface area (Å²) in [5.74, 6) is 1.36. The minimum Gasteiger partial charge on any atom is -0.490 e. The van der Waals surface area contributed by atoms with E-state index in [1.54, 1.807) is 12.1 Å². The van der Waals surface area contributed by atoms with Gasteiger partial charge in [-0.15, -0.1) is 0 Å². The topological polar surface area (TPSA) is 9.23 Å². The van der Waals surface area contributed by atoms with Crippen LogP contribution in [0.2, 0.25) is 0 Å². The Morgan fingerprint density at radius 1 is 0.793 bits per heavy atom. The Morgan fingerprint density at radius 3 is 2.03 bits per heavy atom. The van der Waals surface area contributed by atoms with Gasteiger partial charge >= 0.3 is 0 Å². The third-order valence-corrected chi connectivity index (χ3v) is 7.57. The van der Waals surface area contributed by atoms with E-state index in [2.05, 4.69) is 13.8 Å². The molecule has 2 aliphatic rings. The summed E-state index contributed by atoms with van der Waals surface area (Å²) in [6.45, 7) is 4.78. The van der Waals surface area contributed by atoms with Gasteiger partial charge in [-0.2, -0.15) is 4.39 Å². The molecule has 2 fully saturated rings. The highest BCUT2D eigenvalue weighted by Crippen LogP contribution is 2.45.